The highest BCUT2D eigenvalue weighted by Gasteiger charge is 2.44. The molecule has 2 aliphatic carbocycles. The Morgan fingerprint density at radius 1 is 0.494 bits per heavy atom. The molecule has 2 saturated carbocycles. The van der Waals surface area contributed by atoms with Gasteiger partial charge in [0.1, 0.15) is 44.0 Å². The minimum atomic E-state index is -3.78. The number of amides is 6. The van der Waals surface area contributed by atoms with E-state index in [1.54, 1.807) is 13.8 Å². The van der Waals surface area contributed by atoms with Crippen molar-refractivity contribution in [2.75, 3.05) is 85.7 Å². The topological polar surface area (TPSA) is 258 Å². The van der Waals surface area contributed by atoms with Gasteiger partial charge >= 0.3 is 42.7 Å². The molecule has 2 aliphatic rings. The van der Waals surface area contributed by atoms with Crippen LogP contribution in [0.25, 0.3) is 0 Å². The summed E-state index contributed by atoms with van der Waals surface area (Å²) in [6.07, 6.45) is 5.79. The lowest BCUT2D eigenvalue weighted by molar-refractivity contribution is -0.257. The van der Waals surface area contributed by atoms with E-state index in [0.717, 1.165) is 88.2 Å². The maximum Gasteiger partial charge on any atom is 0.412 e. The van der Waals surface area contributed by atoms with Gasteiger partial charge in [0.25, 0.3) is 0 Å². The molecule has 0 radical (unpaired) electrons. The van der Waals surface area contributed by atoms with Crippen LogP contribution >= 0.6 is 0 Å². The number of unbranched alkanes of at least 4 members (excludes halogenated alkanes) is 8. The fourth-order valence-corrected chi connectivity index (χ4v) is 10.4. The monoisotopic (exact) mass is 1220 g/mol. The van der Waals surface area contributed by atoms with Crippen molar-refractivity contribution in [2.45, 2.75) is 176 Å². The molecule has 0 aromatic carbocycles. The van der Waals surface area contributed by atoms with Crippen LogP contribution in [0.4, 0.5) is 46.3 Å². The Labute approximate surface area is 501 Å². The second-order valence-electron chi connectivity index (χ2n) is 24.0. The van der Waals surface area contributed by atoms with E-state index in [9.17, 15) is 46.3 Å². The van der Waals surface area contributed by atoms with Crippen LogP contribution in [0.2, 0.25) is 0 Å². The summed E-state index contributed by atoms with van der Waals surface area (Å²) < 4.78 is 95.9. The summed E-state index contributed by atoms with van der Waals surface area (Å²) in [6, 6.07) is -0.518. The Morgan fingerprint density at radius 2 is 0.859 bits per heavy atom. The van der Waals surface area contributed by atoms with Crippen molar-refractivity contribution < 1.29 is 89.0 Å². The van der Waals surface area contributed by atoms with Gasteiger partial charge in [-0.25, -0.2) is 37.5 Å². The van der Waals surface area contributed by atoms with E-state index in [2.05, 4.69) is 93.2 Å². The van der Waals surface area contributed by atoms with Gasteiger partial charge in [0.05, 0.1) is 46.1 Å². The highest BCUT2D eigenvalue weighted by atomic mass is 19.3. The standard InChI is InChI=1S/C31H52F3N3O8.C29H48FN3O7/c1-23(2)24(3)41-17-13-35-26(38)42-14-10-8-7-9-11-15-43-27(39)36-21-30(6)19-25(18-29(4,5)20-30)37-28(40)44-22-31(33,34)45-16-12-32;1-22(2)23(3)37-17-13-31-25(34)38-14-10-8-7-9-11-15-39-26(35)32-21-29(6)19-24(18-28(4,5)20-29)33-27(36)40-16-12-30/h25H,1,3,7-22H2,2,4-6H3,(H,35,38)(H,36,39)(H,37,40);12,16,24H,1,3,7-11,13-15,17-21H2,2,4-6H3,(H,31,34)(H,32,35)(H,33,36)/b;16-12+. The summed E-state index contributed by atoms with van der Waals surface area (Å²) in [4.78, 5) is 71.8. The fourth-order valence-electron chi connectivity index (χ4n) is 10.4. The lowest BCUT2D eigenvalue weighted by Crippen LogP contribution is -2.50. The van der Waals surface area contributed by atoms with E-state index in [1.807, 2.05) is 20.8 Å². The van der Waals surface area contributed by atoms with Crippen LogP contribution in [0.15, 0.2) is 61.6 Å². The Hall–Kier alpha value is -6.40. The van der Waals surface area contributed by atoms with Crippen LogP contribution in [-0.4, -0.2) is 140 Å². The second-order valence-corrected chi connectivity index (χ2v) is 24.0. The van der Waals surface area contributed by atoms with Crippen molar-refractivity contribution in [3.05, 3.63) is 61.6 Å². The molecule has 0 spiro atoms. The van der Waals surface area contributed by atoms with E-state index in [-0.39, 0.29) is 53.3 Å². The summed E-state index contributed by atoms with van der Waals surface area (Å²) in [5, 5.41) is 16.3. The Morgan fingerprint density at radius 3 is 1.22 bits per heavy atom. The zero-order valence-electron chi connectivity index (χ0n) is 51.8. The van der Waals surface area contributed by atoms with Gasteiger partial charge in [0, 0.05) is 25.2 Å². The molecule has 85 heavy (non-hydrogen) atoms. The molecule has 0 heterocycles. The minimum Gasteiger partial charge on any atom is -0.492 e. The highest BCUT2D eigenvalue weighted by molar-refractivity contribution is 5.69. The Balaban J connectivity index is 0.000000856. The van der Waals surface area contributed by atoms with Crippen LogP contribution in [0.5, 0.6) is 0 Å². The number of allylic oxidation sites excluding steroid dienone is 2. The molecule has 2 rings (SSSR count). The first-order chi connectivity index (χ1) is 39.9. The van der Waals surface area contributed by atoms with E-state index in [1.165, 1.54) is 0 Å². The van der Waals surface area contributed by atoms with Gasteiger partial charge in [-0.1, -0.05) is 106 Å². The smallest absolute Gasteiger partial charge is 0.412 e. The van der Waals surface area contributed by atoms with Crippen molar-refractivity contribution >= 4 is 36.6 Å². The number of nitrogens with one attached hydrogen (secondary N) is 6. The summed E-state index contributed by atoms with van der Waals surface area (Å²) >= 11 is 0. The largest absolute Gasteiger partial charge is 0.492 e. The van der Waals surface area contributed by atoms with Crippen LogP contribution in [-0.2, 0) is 42.6 Å². The average Bonchev–Trinajstić information content (AvgIpc) is 2.18. The van der Waals surface area contributed by atoms with E-state index < -0.39 is 62.6 Å². The highest BCUT2D eigenvalue weighted by Crippen LogP contribution is 2.47. The summed E-state index contributed by atoms with van der Waals surface area (Å²) in [7, 11) is 0. The molecular formula is C60H100F4N6O15. The number of carbonyl (C=O) groups is 6. The maximum absolute atomic E-state index is 13.5. The van der Waals surface area contributed by atoms with Crippen LogP contribution in [0.1, 0.15) is 158 Å². The van der Waals surface area contributed by atoms with Gasteiger partial charge < -0.3 is 74.5 Å². The van der Waals surface area contributed by atoms with Crippen molar-refractivity contribution in [3.63, 3.8) is 0 Å². The first-order valence-corrected chi connectivity index (χ1v) is 29.2. The minimum absolute atomic E-state index is 0.0587. The first-order valence-electron chi connectivity index (χ1n) is 29.2. The second kappa shape index (κ2) is 40.8. The van der Waals surface area contributed by atoms with Gasteiger partial charge in [-0.15, -0.1) is 0 Å². The summed E-state index contributed by atoms with van der Waals surface area (Å²) in [5.74, 6) is 0.982. The van der Waals surface area contributed by atoms with Crippen LogP contribution in [0.3, 0.4) is 0 Å². The SMILES string of the molecule is C=C(C)C(=C)OCCNC(=O)OCCCCCCCOC(=O)NCC1(C)CC(NC(=O)O/C=C/F)CC(C)(C)C1.C=C(C)C(=C)OCCNC(=O)OCCCCCCCOC(=O)NCC1(C)CC(NC(=O)OCC(F)(F)OCCF)CC(C)(C)C1. The number of alkyl halides is 3. The maximum atomic E-state index is 13.5. The molecule has 21 nitrogen and oxygen atoms in total. The van der Waals surface area contributed by atoms with E-state index >= 15 is 0 Å². The number of hydrogen-bond acceptors (Lipinski definition) is 15. The third-order valence-electron chi connectivity index (χ3n) is 13.6. The predicted octanol–water partition coefficient (Wildman–Crippen LogP) is 12.6. The fraction of sp³-hybridized carbons (Fsp3) is 0.733. The lowest BCUT2D eigenvalue weighted by atomic mass is 9.62. The lowest BCUT2D eigenvalue weighted by Gasteiger charge is -2.46. The Bertz CT molecular complexity index is 2130. The molecule has 4 unspecified atom stereocenters. The van der Waals surface area contributed by atoms with Crippen LogP contribution < -0.4 is 31.9 Å². The van der Waals surface area contributed by atoms with Crippen molar-refractivity contribution in [2.24, 2.45) is 21.7 Å². The van der Waals surface area contributed by atoms with Gasteiger partial charge in [-0.05, 0) is 111 Å². The quantitative estimate of drug-likeness (QED) is 0.0110. The predicted molar refractivity (Wildman–Crippen MR) is 314 cm³/mol. The summed E-state index contributed by atoms with van der Waals surface area (Å²) in [5.41, 5.74) is 0.574. The average molecular weight is 1220 g/mol. The third-order valence-corrected chi connectivity index (χ3v) is 13.6. The molecular weight excluding hydrogens is 1120 g/mol. The molecule has 6 N–H and O–H groups in total. The molecule has 0 aromatic rings. The molecule has 6 amide bonds. The number of halogens is 4. The van der Waals surface area contributed by atoms with Gasteiger partial charge in [-0.2, -0.15) is 8.78 Å². The molecule has 0 aromatic heterocycles. The zero-order valence-corrected chi connectivity index (χ0v) is 51.8. The van der Waals surface area contributed by atoms with Crippen molar-refractivity contribution in [3.8, 4) is 0 Å². The molecule has 0 bridgehead atoms. The van der Waals surface area contributed by atoms with Gasteiger partial charge in [0.2, 0.25) is 0 Å². The molecule has 488 valence electrons. The van der Waals surface area contributed by atoms with Crippen molar-refractivity contribution in [1.82, 2.24) is 31.9 Å². The van der Waals surface area contributed by atoms with Crippen LogP contribution in [0, 0.1) is 21.7 Å². The van der Waals surface area contributed by atoms with E-state index in [0.29, 0.717) is 96.1 Å². The zero-order chi connectivity index (χ0) is 64.0. The molecule has 0 saturated heterocycles. The normalized spacial score (nSPS) is 19.4. The molecule has 25 heteroatoms. The van der Waals surface area contributed by atoms with Crippen molar-refractivity contribution in [1.29, 1.82) is 0 Å². The molecule has 2 fully saturated rings. The van der Waals surface area contributed by atoms with Gasteiger partial charge in [0.15, 0.2) is 6.61 Å². The number of carbonyl (C=O) groups excluding carboxylic acids is 6. The van der Waals surface area contributed by atoms with E-state index in [4.69, 9.17) is 28.4 Å². The summed E-state index contributed by atoms with van der Waals surface area (Å²) in [6.45, 7) is 30.7. The van der Waals surface area contributed by atoms with Gasteiger partial charge in [-0.3, -0.25) is 0 Å². The molecule has 0 aliphatic heterocycles. The number of ether oxygens (including phenoxy) is 9. The first kappa shape index (κ1) is 76.6. The number of alkyl carbamates (subject to hydrolysis) is 6. The number of hydrogen-bond donors (Lipinski definition) is 6. The third kappa shape index (κ3) is 39.0. The Kier molecular flexibility index (Phi) is 36.8. The number of rotatable bonds is 38. The molecule has 4 atom stereocenters.